The first-order chi connectivity index (χ1) is 12.9. The highest BCUT2D eigenvalue weighted by molar-refractivity contribution is 6.44. The molecule has 1 amide bonds. The summed E-state index contributed by atoms with van der Waals surface area (Å²) >= 11 is 0. The Bertz CT molecular complexity index is 721. The SMILES string of the molecule is CNC(=O)C1NN(CC2(c3ccc(C(C)C)cc3)CCCC2)CC(=O)C1=O. The summed E-state index contributed by atoms with van der Waals surface area (Å²) in [4.78, 5) is 36.2. The van der Waals surface area contributed by atoms with Gasteiger partial charge >= 0.3 is 0 Å². The van der Waals surface area contributed by atoms with E-state index < -0.39 is 23.5 Å². The number of amides is 1. The van der Waals surface area contributed by atoms with Gasteiger partial charge in [0.1, 0.15) is 0 Å². The lowest BCUT2D eigenvalue weighted by molar-refractivity contribution is -0.148. The van der Waals surface area contributed by atoms with E-state index in [-0.39, 0.29) is 12.0 Å². The monoisotopic (exact) mass is 371 g/mol. The predicted molar refractivity (Wildman–Crippen MR) is 103 cm³/mol. The van der Waals surface area contributed by atoms with Crippen LogP contribution in [0.25, 0.3) is 0 Å². The number of nitrogens with one attached hydrogen (secondary N) is 2. The molecule has 1 saturated heterocycles. The van der Waals surface area contributed by atoms with Crippen LogP contribution < -0.4 is 10.7 Å². The zero-order chi connectivity index (χ0) is 19.6. The van der Waals surface area contributed by atoms with Gasteiger partial charge in [0.15, 0.2) is 6.04 Å². The average Bonchev–Trinajstić information content (AvgIpc) is 3.13. The number of likely N-dealkylation sites (N-methyl/N-ethyl adjacent to an activating group) is 1. The van der Waals surface area contributed by atoms with E-state index in [1.165, 1.54) is 18.2 Å². The van der Waals surface area contributed by atoms with Crippen LogP contribution in [0, 0.1) is 0 Å². The van der Waals surface area contributed by atoms with Crippen molar-refractivity contribution in [2.75, 3.05) is 20.1 Å². The Labute approximate surface area is 160 Å². The highest BCUT2D eigenvalue weighted by atomic mass is 16.2. The minimum absolute atomic E-state index is 0.0121. The van der Waals surface area contributed by atoms with E-state index in [2.05, 4.69) is 48.9 Å². The zero-order valence-electron chi connectivity index (χ0n) is 16.4. The van der Waals surface area contributed by atoms with Gasteiger partial charge in [0, 0.05) is 19.0 Å². The summed E-state index contributed by atoms with van der Waals surface area (Å²) in [5.41, 5.74) is 5.51. The minimum Gasteiger partial charge on any atom is -0.357 e. The molecule has 3 rings (SSSR count). The van der Waals surface area contributed by atoms with Crippen molar-refractivity contribution >= 4 is 17.5 Å². The van der Waals surface area contributed by atoms with E-state index in [1.807, 2.05) is 0 Å². The quantitative estimate of drug-likeness (QED) is 0.608. The first kappa shape index (κ1) is 19.7. The van der Waals surface area contributed by atoms with E-state index in [0.717, 1.165) is 25.7 Å². The van der Waals surface area contributed by atoms with Crippen molar-refractivity contribution in [3.8, 4) is 0 Å². The van der Waals surface area contributed by atoms with Gasteiger partial charge in [0.25, 0.3) is 0 Å². The molecule has 1 unspecified atom stereocenters. The van der Waals surface area contributed by atoms with Gasteiger partial charge in [-0.15, -0.1) is 0 Å². The number of ketones is 2. The van der Waals surface area contributed by atoms with Crippen LogP contribution >= 0.6 is 0 Å². The Morgan fingerprint density at radius 3 is 2.41 bits per heavy atom. The average molecular weight is 371 g/mol. The second-order valence-electron chi connectivity index (χ2n) is 8.08. The fourth-order valence-electron chi connectivity index (χ4n) is 4.30. The van der Waals surface area contributed by atoms with E-state index >= 15 is 0 Å². The molecule has 0 bridgehead atoms. The van der Waals surface area contributed by atoms with Crippen molar-refractivity contribution in [3.05, 3.63) is 35.4 Å². The lowest BCUT2D eigenvalue weighted by atomic mass is 9.78. The van der Waals surface area contributed by atoms with Crippen molar-refractivity contribution < 1.29 is 14.4 Å². The van der Waals surface area contributed by atoms with Crippen LogP contribution in [0.1, 0.15) is 56.6 Å². The molecule has 1 aliphatic heterocycles. The molecule has 1 atom stereocenters. The molecule has 1 heterocycles. The number of hydrogen-bond acceptors (Lipinski definition) is 5. The van der Waals surface area contributed by atoms with Gasteiger partial charge < -0.3 is 5.32 Å². The molecule has 0 aromatic heterocycles. The summed E-state index contributed by atoms with van der Waals surface area (Å²) in [7, 11) is 1.47. The molecule has 1 aromatic carbocycles. The van der Waals surface area contributed by atoms with Gasteiger partial charge in [-0.25, -0.2) is 10.4 Å². The lowest BCUT2D eigenvalue weighted by Gasteiger charge is -2.39. The van der Waals surface area contributed by atoms with Gasteiger partial charge in [-0.1, -0.05) is 51.0 Å². The normalized spacial score (nSPS) is 23.0. The summed E-state index contributed by atoms with van der Waals surface area (Å²) in [6.45, 7) is 4.98. The highest BCUT2D eigenvalue weighted by Crippen LogP contribution is 2.42. The fraction of sp³-hybridized carbons (Fsp3) is 0.571. The predicted octanol–water partition coefficient (Wildman–Crippen LogP) is 1.69. The molecule has 2 aliphatic rings. The maximum absolute atomic E-state index is 12.2. The van der Waals surface area contributed by atoms with Crippen molar-refractivity contribution in [1.29, 1.82) is 0 Å². The molecule has 6 nitrogen and oxygen atoms in total. The third-order valence-corrected chi connectivity index (χ3v) is 5.94. The Morgan fingerprint density at radius 2 is 1.85 bits per heavy atom. The fourth-order valence-corrected chi connectivity index (χ4v) is 4.30. The van der Waals surface area contributed by atoms with Gasteiger partial charge in [-0.05, 0) is 29.9 Å². The molecule has 1 aliphatic carbocycles. The van der Waals surface area contributed by atoms with Gasteiger partial charge in [-0.3, -0.25) is 14.4 Å². The van der Waals surface area contributed by atoms with Crippen molar-refractivity contribution in [2.24, 2.45) is 0 Å². The number of carbonyl (C=O) groups excluding carboxylic acids is 3. The molecule has 146 valence electrons. The summed E-state index contributed by atoms with van der Waals surface area (Å²) in [5, 5.41) is 4.23. The number of carbonyl (C=O) groups is 3. The third kappa shape index (κ3) is 3.96. The topological polar surface area (TPSA) is 78.5 Å². The van der Waals surface area contributed by atoms with Gasteiger partial charge in [0.2, 0.25) is 17.5 Å². The van der Waals surface area contributed by atoms with Crippen LogP contribution in [0.4, 0.5) is 0 Å². The Balaban J connectivity index is 1.82. The summed E-state index contributed by atoms with van der Waals surface area (Å²) < 4.78 is 0. The van der Waals surface area contributed by atoms with Crippen molar-refractivity contribution in [1.82, 2.24) is 15.8 Å². The van der Waals surface area contributed by atoms with Crippen LogP contribution in [0.5, 0.6) is 0 Å². The summed E-state index contributed by atoms with van der Waals surface area (Å²) in [6, 6.07) is 7.65. The van der Waals surface area contributed by atoms with Crippen LogP contribution in [0.15, 0.2) is 24.3 Å². The van der Waals surface area contributed by atoms with Gasteiger partial charge in [0.05, 0.1) is 6.54 Å². The third-order valence-electron chi connectivity index (χ3n) is 5.94. The lowest BCUT2D eigenvalue weighted by Crippen LogP contribution is -2.65. The van der Waals surface area contributed by atoms with Crippen LogP contribution in [-0.4, -0.2) is 48.7 Å². The molecule has 27 heavy (non-hydrogen) atoms. The van der Waals surface area contributed by atoms with Crippen LogP contribution in [0.2, 0.25) is 0 Å². The van der Waals surface area contributed by atoms with E-state index in [9.17, 15) is 14.4 Å². The first-order valence-electron chi connectivity index (χ1n) is 9.76. The number of nitrogens with zero attached hydrogens (tertiary/aromatic N) is 1. The smallest absolute Gasteiger partial charge is 0.246 e. The minimum atomic E-state index is -1.13. The molecular weight excluding hydrogens is 342 g/mol. The molecule has 0 spiro atoms. The van der Waals surface area contributed by atoms with E-state index in [4.69, 9.17) is 0 Å². The molecule has 1 saturated carbocycles. The summed E-state index contributed by atoms with van der Waals surface area (Å²) in [5.74, 6) is -1.16. The first-order valence-corrected chi connectivity index (χ1v) is 9.76. The Hall–Kier alpha value is -2.05. The molecular formula is C21H29N3O3. The van der Waals surface area contributed by atoms with E-state index in [1.54, 1.807) is 5.01 Å². The highest BCUT2D eigenvalue weighted by Gasteiger charge is 2.43. The molecule has 0 radical (unpaired) electrons. The number of rotatable bonds is 5. The Morgan fingerprint density at radius 1 is 1.22 bits per heavy atom. The number of hydrogen-bond donors (Lipinski definition) is 2. The standard InChI is InChI=1S/C21H29N3O3/c1-14(2)15-6-8-16(9-7-15)21(10-4-5-11-21)13-24-12-17(25)19(26)18(23-24)20(27)22-3/h6-9,14,18,23H,4-5,10-13H2,1-3H3,(H,22,27). The number of benzene rings is 1. The largest absolute Gasteiger partial charge is 0.357 e. The second kappa shape index (κ2) is 7.90. The van der Waals surface area contributed by atoms with Crippen molar-refractivity contribution in [2.45, 2.75) is 56.9 Å². The van der Waals surface area contributed by atoms with E-state index in [0.29, 0.717) is 12.5 Å². The molecule has 1 aromatic rings. The second-order valence-corrected chi connectivity index (χ2v) is 8.08. The number of hydrazine groups is 1. The zero-order valence-corrected chi connectivity index (χ0v) is 16.4. The molecule has 2 N–H and O–H groups in total. The molecule has 2 fully saturated rings. The maximum atomic E-state index is 12.2. The summed E-state index contributed by atoms with van der Waals surface area (Å²) in [6.07, 6.45) is 4.37. The van der Waals surface area contributed by atoms with Crippen molar-refractivity contribution in [3.63, 3.8) is 0 Å². The Kier molecular flexibility index (Phi) is 5.77. The number of Topliss-reactive ketones (excluding diaryl/α,β-unsaturated/α-hetero) is 2. The molecule has 6 heteroatoms. The maximum Gasteiger partial charge on any atom is 0.246 e. The van der Waals surface area contributed by atoms with Gasteiger partial charge in [-0.2, -0.15) is 0 Å². The van der Waals surface area contributed by atoms with Crippen LogP contribution in [-0.2, 0) is 19.8 Å². The van der Waals surface area contributed by atoms with Crippen LogP contribution in [0.3, 0.4) is 0 Å².